The normalized spacial score (nSPS) is 13.0. The molecule has 1 heterocycles. The highest BCUT2D eigenvalue weighted by atomic mass is 32.2. The van der Waals surface area contributed by atoms with Gasteiger partial charge < -0.3 is 13.9 Å². The molecular weight excluding hydrogens is 318 g/mol. The van der Waals surface area contributed by atoms with Crippen molar-refractivity contribution in [2.24, 2.45) is 0 Å². The number of furan rings is 1. The van der Waals surface area contributed by atoms with Gasteiger partial charge in [-0.15, -0.1) is 0 Å². The summed E-state index contributed by atoms with van der Waals surface area (Å²) in [6, 6.07) is 6.64. The summed E-state index contributed by atoms with van der Waals surface area (Å²) in [6.07, 6.45) is 1.03. The maximum Gasteiger partial charge on any atom is 0.240 e. The lowest BCUT2D eigenvalue weighted by Gasteiger charge is -2.15. The molecule has 0 radical (unpaired) electrons. The zero-order chi connectivity index (χ0) is 17.0. The highest BCUT2D eigenvalue weighted by molar-refractivity contribution is 7.89. The van der Waals surface area contributed by atoms with Crippen LogP contribution in [0.2, 0.25) is 0 Å². The van der Waals surface area contributed by atoms with Gasteiger partial charge in [-0.2, -0.15) is 0 Å². The summed E-state index contributed by atoms with van der Waals surface area (Å²) in [6.45, 7) is 3.70. The van der Waals surface area contributed by atoms with Gasteiger partial charge in [-0.3, -0.25) is 0 Å². The van der Waals surface area contributed by atoms with Crippen LogP contribution in [0, 0.1) is 13.8 Å². The van der Waals surface area contributed by atoms with Crippen LogP contribution in [0.4, 0.5) is 0 Å². The van der Waals surface area contributed by atoms with Crippen molar-refractivity contribution in [2.45, 2.75) is 24.8 Å². The van der Waals surface area contributed by atoms with E-state index in [1.807, 2.05) is 13.8 Å². The minimum absolute atomic E-state index is 0.0798. The average molecular weight is 339 g/mol. The molecule has 0 spiro atoms. The van der Waals surface area contributed by atoms with Crippen molar-refractivity contribution in [3.63, 3.8) is 0 Å². The van der Waals surface area contributed by atoms with Gasteiger partial charge in [0.1, 0.15) is 17.6 Å². The van der Waals surface area contributed by atoms with Gasteiger partial charge in [-0.05, 0) is 49.2 Å². The average Bonchev–Trinajstić information content (AvgIpc) is 3.01. The summed E-state index contributed by atoms with van der Waals surface area (Å²) in [5.41, 5.74) is 1.53. The maximum absolute atomic E-state index is 12.5. The summed E-state index contributed by atoms with van der Waals surface area (Å²) in [4.78, 5) is 0.197. The Morgan fingerprint density at radius 2 is 1.87 bits per heavy atom. The molecule has 0 bridgehead atoms. The van der Waals surface area contributed by atoms with Gasteiger partial charge in [0.15, 0.2) is 0 Å². The Kier molecular flexibility index (Phi) is 5.46. The second-order valence-electron chi connectivity index (χ2n) is 5.18. The fraction of sp³-hybridized carbons (Fsp3) is 0.375. The Labute approximate surface area is 136 Å². The monoisotopic (exact) mass is 339 g/mol. The zero-order valence-electron chi connectivity index (χ0n) is 13.6. The number of nitrogens with one attached hydrogen (secondary N) is 1. The van der Waals surface area contributed by atoms with E-state index >= 15 is 0 Å². The van der Waals surface area contributed by atoms with Gasteiger partial charge in [0.05, 0.1) is 18.3 Å². The van der Waals surface area contributed by atoms with E-state index in [1.54, 1.807) is 31.4 Å². The van der Waals surface area contributed by atoms with Crippen molar-refractivity contribution in [1.82, 2.24) is 4.72 Å². The minimum atomic E-state index is -3.65. The molecule has 1 aromatic carbocycles. The molecular formula is C16H21NO5S. The first kappa shape index (κ1) is 17.5. The van der Waals surface area contributed by atoms with Crippen molar-refractivity contribution in [3.8, 4) is 5.75 Å². The number of benzene rings is 1. The second kappa shape index (κ2) is 7.16. The van der Waals surface area contributed by atoms with Crippen LogP contribution in [0.3, 0.4) is 0 Å². The van der Waals surface area contributed by atoms with Crippen LogP contribution >= 0.6 is 0 Å². The largest absolute Gasteiger partial charge is 0.496 e. The zero-order valence-corrected chi connectivity index (χ0v) is 14.4. The van der Waals surface area contributed by atoms with E-state index in [1.165, 1.54) is 13.4 Å². The topological polar surface area (TPSA) is 77.8 Å². The molecule has 1 N–H and O–H groups in total. The standard InChI is InChI=1S/C16H21NO5S/c1-11-8-13(9-12(2)16(11)21-4)23(18,19)17-10-15(20-3)14-6-5-7-22-14/h5-9,15,17H,10H2,1-4H3. The third kappa shape index (κ3) is 3.93. The molecule has 0 amide bonds. The van der Waals surface area contributed by atoms with E-state index in [2.05, 4.69) is 4.72 Å². The lowest BCUT2D eigenvalue weighted by Crippen LogP contribution is -2.29. The van der Waals surface area contributed by atoms with Gasteiger partial charge in [-0.1, -0.05) is 0 Å². The van der Waals surface area contributed by atoms with Crippen LogP contribution in [-0.2, 0) is 14.8 Å². The molecule has 0 aliphatic rings. The Morgan fingerprint density at radius 3 is 2.35 bits per heavy atom. The van der Waals surface area contributed by atoms with E-state index in [4.69, 9.17) is 13.9 Å². The minimum Gasteiger partial charge on any atom is -0.496 e. The van der Waals surface area contributed by atoms with Crippen LogP contribution in [-0.4, -0.2) is 29.2 Å². The molecule has 0 saturated heterocycles. The smallest absolute Gasteiger partial charge is 0.240 e. The molecule has 23 heavy (non-hydrogen) atoms. The first-order valence-electron chi connectivity index (χ1n) is 7.10. The third-order valence-electron chi connectivity index (χ3n) is 3.55. The van der Waals surface area contributed by atoms with E-state index in [0.717, 1.165) is 11.1 Å². The fourth-order valence-electron chi connectivity index (χ4n) is 2.43. The van der Waals surface area contributed by atoms with Gasteiger partial charge in [0, 0.05) is 13.7 Å². The number of hydrogen-bond donors (Lipinski definition) is 1. The van der Waals surface area contributed by atoms with Crippen molar-refractivity contribution < 1.29 is 22.3 Å². The summed E-state index contributed by atoms with van der Waals surface area (Å²) in [5, 5.41) is 0. The Balaban J connectivity index is 2.19. The van der Waals surface area contributed by atoms with Gasteiger partial charge in [-0.25, -0.2) is 13.1 Å². The number of aryl methyl sites for hydroxylation is 2. The van der Waals surface area contributed by atoms with Gasteiger partial charge in [0.2, 0.25) is 10.0 Å². The number of sulfonamides is 1. The number of hydrogen-bond acceptors (Lipinski definition) is 5. The fourth-order valence-corrected chi connectivity index (χ4v) is 3.63. The van der Waals surface area contributed by atoms with Crippen molar-refractivity contribution in [2.75, 3.05) is 20.8 Å². The lowest BCUT2D eigenvalue weighted by atomic mass is 10.1. The molecule has 2 aromatic rings. The van der Waals surface area contributed by atoms with Crippen LogP contribution in [0.25, 0.3) is 0 Å². The van der Waals surface area contributed by atoms with E-state index in [9.17, 15) is 8.42 Å². The predicted octanol–water partition coefficient (Wildman–Crippen LogP) is 2.57. The molecule has 7 heteroatoms. The molecule has 1 atom stereocenters. The number of ether oxygens (including phenoxy) is 2. The molecule has 1 unspecified atom stereocenters. The van der Waals surface area contributed by atoms with Crippen LogP contribution < -0.4 is 9.46 Å². The first-order valence-corrected chi connectivity index (χ1v) is 8.58. The highest BCUT2D eigenvalue weighted by Crippen LogP contribution is 2.26. The molecule has 0 saturated carbocycles. The van der Waals surface area contributed by atoms with E-state index in [0.29, 0.717) is 11.5 Å². The SMILES string of the molecule is COc1c(C)cc(S(=O)(=O)NCC(OC)c2ccco2)cc1C. The van der Waals surface area contributed by atoms with Crippen LogP contribution in [0.1, 0.15) is 23.0 Å². The molecule has 6 nitrogen and oxygen atoms in total. The van der Waals surface area contributed by atoms with E-state index in [-0.39, 0.29) is 11.4 Å². The molecule has 1 aromatic heterocycles. The predicted molar refractivity (Wildman–Crippen MR) is 86.1 cm³/mol. The molecule has 126 valence electrons. The van der Waals surface area contributed by atoms with Gasteiger partial charge >= 0.3 is 0 Å². The summed E-state index contributed by atoms with van der Waals surface area (Å²) in [5.74, 6) is 1.26. The third-order valence-corrected chi connectivity index (χ3v) is 4.96. The number of methoxy groups -OCH3 is 2. The molecule has 2 rings (SSSR count). The van der Waals surface area contributed by atoms with E-state index < -0.39 is 16.1 Å². The maximum atomic E-state index is 12.5. The van der Waals surface area contributed by atoms with Crippen LogP contribution in [0.15, 0.2) is 39.8 Å². The summed E-state index contributed by atoms with van der Waals surface area (Å²) in [7, 11) is -0.587. The summed E-state index contributed by atoms with van der Waals surface area (Å²) >= 11 is 0. The van der Waals surface area contributed by atoms with Crippen molar-refractivity contribution >= 4 is 10.0 Å². The highest BCUT2D eigenvalue weighted by Gasteiger charge is 2.21. The van der Waals surface area contributed by atoms with Crippen molar-refractivity contribution in [3.05, 3.63) is 47.4 Å². The Hall–Kier alpha value is -1.83. The Bertz CT molecular complexity index is 730. The number of rotatable bonds is 7. The Morgan fingerprint density at radius 1 is 1.22 bits per heavy atom. The molecule has 0 aliphatic heterocycles. The first-order chi connectivity index (χ1) is 10.9. The molecule has 0 aliphatic carbocycles. The molecule has 0 fully saturated rings. The summed E-state index contributed by atoms with van der Waals surface area (Å²) < 4.78 is 43.3. The van der Waals surface area contributed by atoms with Crippen molar-refractivity contribution in [1.29, 1.82) is 0 Å². The van der Waals surface area contributed by atoms with Gasteiger partial charge in [0.25, 0.3) is 0 Å². The van der Waals surface area contributed by atoms with Crippen LogP contribution in [0.5, 0.6) is 5.75 Å². The quantitative estimate of drug-likeness (QED) is 0.839. The lowest BCUT2D eigenvalue weighted by molar-refractivity contribution is 0.0878. The second-order valence-corrected chi connectivity index (χ2v) is 6.95.